The number of hydrogen-bond donors (Lipinski definition) is 1. The van der Waals surface area contributed by atoms with Crippen LogP contribution in [0, 0.1) is 12.3 Å². The molecule has 0 saturated carbocycles. The van der Waals surface area contributed by atoms with Gasteiger partial charge in [-0.15, -0.1) is 6.42 Å². The second-order valence-corrected chi connectivity index (χ2v) is 4.47. The molecule has 0 saturated heterocycles. The maximum atomic E-state index is 12.0. The van der Waals surface area contributed by atoms with Crippen LogP contribution < -0.4 is 5.32 Å². The van der Waals surface area contributed by atoms with E-state index in [1.165, 1.54) is 0 Å². The summed E-state index contributed by atoms with van der Waals surface area (Å²) in [4.78, 5) is 0. The van der Waals surface area contributed by atoms with Gasteiger partial charge in [0.05, 0.1) is 12.6 Å². The van der Waals surface area contributed by atoms with Gasteiger partial charge in [-0.25, -0.2) is 0 Å². The normalized spacial score (nSPS) is 13.1. The highest BCUT2D eigenvalue weighted by Crippen LogP contribution is 2.15. The lowest BCUT2D eigenvalue weighted by atomic mass is 10.1. The largest absolute Gasteiger partial charge is 0.401 e. The van der Waals surface area contributed by atoms with E-state index in [0.29, 0.717) is 6.42 Å². The van der Waals surface area contributed by atoms with Crippen LogP contribution in [0.5, 0.6) is 0 Å². The van der Waals surface area contributed by atoms with Gasteiger partial charge in [0.2, 0.25) is 0 Å². The minimum Gasteiger partial charge on any atom is -0.295 e. The van der Waals surface area contributed by atoms with Crippen molar-refractivity contribution >= 4 is 15.9 Å². The molecule has 1 aromatic rings. The number of terminal acetylenes is 1. The molecule has 0 unspecified atom stereocenters. The van der Waals surface area contributed by atoms with E-state index < -0.39 is 18.8 Å². The van der Waals surface area contributed by atoms with Gasteiger partial charge in [-0.05, 0) is 24.1 Å². The Morgan fingerprint density at radius 2 is 2.12 bits per heavy atom. The van der Waals surface area contributed by atoms with Gasteiger partial charge in [0.25, 0.3) is 0 Å². The minimum absolute atomic E-state index is 0.367. The first-order valence-corrected chi connectivity index (χ1v) is 5.71. The van der Waals surface area contributed by atoms with Gasteiger partial charge < -0.3 is 0 Å². The van der Waals surface area contributed by atoms with Crippen molar-refractivity contribution < 1.29 is 13.2 Å². The molecule has 1 N–H and O–H groups in total. The van der Waals surface area contributed by atoms with Gasteiger partial charge in [0.15, 0.2) is 0 Å². The molecular weight excluding hydrogens is 295 g/mol. The summed E-state index contributed by atoms with van der Waals surface area (Å²) < 4.78 is 36.9. The molecule has 17 heavy (non-hydrogen) atoms. The summed E-state index contributed by atoms with van der Waals surface area (Å²) in [7, 11) is 0. The Kier molecular flexibility index (Phi) is 5.03. The highest BCUT2D eigenvalue weighted by molar-refractivity contribution is 9.10. The van der Waals surface area contributed by atoms with Crippen LogP contribution in [-0.2, 0) is 6.42 Å². The molecule has 0 fully saturated rings. The number of rotatable bonds is 4. The van der Waals surface area contributed by atoms with Crippen LogP contribution in [0.15, 0.2) is 28.7 Å². The van der Waals surface area contributed by atoms with Crippen LogP contribution in [0.25, 0.3) is 0 Å². The van der Waals surface area contributed by atoms with Crippen LogP contribution in [0.1, 0.15) is 5.56 Å². The lowest BCUT2D eigenvalue weighted by molar-refractivity contribution is -0.125. The summed E-state index contributed by atoms with van der Waals surface area (Å²) in [5, 5.41) is 2.30. The molecule has 1 nitrogen and oxygen atoms in total. The molecule has 0 amide bonds. The van der Waals surface area contributed by atoms with Gasteiger partial charge in [0, 0.05) is 4.47 Å². The van der Waals surface area contributed by atoms with Crippen molar-refractivity contribution in [3.8, 4) is 12.3 Å². The molecular formula is C12H11BrF3N. The zero-order valence-corrected chi connectivity index (χ0v) is 10.5. The van der Waals surface area contributed by atoms with Gasteiger partial charge >= 0.3 is 6.18 Å². The average Bonchev–Trinajstić information content (AvgIpc) is 2.23. The fourth-order valence-corrected chi connectivity index (χ4v) is 1.78. The molecule has 1 atom stereocenters. The Labute approximate surface area is 107 Å². The third-order valence-corrected chi connectivity index (χ3v) is 2.57. The lowest BCUT2D eigenvalue weighted by Crippen LogP contribution is -2.37. The number of alkyl halides is 3. The van der Waals surface area contributed by atoms with Gasteiger partial charge in [0.1, 0.15) is 0 Å². The Morgan fingerprint density at radius 1 is 1.41 bits per heavy atom. The van der Waals surface area contributed by atoms with E-state index in [4.69, 9.17) is 6.42 Å². The molecule has 0 aromatic heterocycles. The van der Waals surface area contributed by atoms with E-state index in [1.54, 1.807) is 0 Å². The van der Waals surface area contributed by atoms with E-state index in [1.807, 2.05) is 24.3 Å². The summed E-state index contributed by atoms with van der Waals surface area (Å²) in [6.07, 6.45) is 1.32. The summed E-state index contributed by atoms with van der Waals surface area (Å²) in [6.45, 7) is -1.07. The van der Waals surface area contributed by atoms with E-state index in [2.05, 4.69) is 27.2 Å². The molecule has 5 heteroatoms. The molecule has 92 valence electrons. The summed E-state index contributed by atoms with van der Waals surface area (Å²) in [5.74, 6) is 2.32. The quantitative estimate of drug-likeness (QED) is 0.843. The highest BCUT2D eigenvalue weighted by Gasteiger charge is 2.27. The number of benzene rings is 1. The second-order valence-electron chi connectivity index (χ2n) is 3.55. The topological polar surface area (TPSA) is 12.0 Å². The highest BCUT2D eigenvalue weighted by atomic mass is 79.9. The minimum atomic E-state index is -4.24. The Morgan fingerprint density at radius 3 is 2.65 bits per heavy atom. The Hall–Kier alpha value is -0.990. The van der Waals surface area contributed by atoms with Gasteiger partial charge in [-0.1, -0.05) is 34.0 Å². The zero-order chi connectivity index (χ0) is 12.9. The molecule has 0 aliphatic heterocycles. The first-order chi connectivity index (χ1) is 7.90. The van der Waals surface area contributed by atoms with Crippen molar-refractivity contribution in [2.45, 2.75) is 18.6 Å². The fourth-order valence-electron chi connectivity index (χ4n) is 1.33. The Bertz CT molecular complexity index is 409. The monoisotopic (exact) mass is 305 g/mol. The predicted octanol–water partition coefficient (Wildman–Crippen LogP) is 3.15. The smallest absolute Gasteiger partial charge is 0.295 e. The first-order valence-electron chi connectivity index (χ1n) is 4.91. The van der Waals surface area contributed by atoms with E-state index in [0.717, 1.165) is 10.0 Å². The van der Waals surface area contributed by atoms with Crippen molar-refractivity contribution in [3.63, 3.8) is 0 Å². The number of halogens is 4. The van der Waals surface area contributed by atoms with Crippen LogP contribution >= 0.6 is 15.9 Å². The first kappa shape index (κ1) is 14.1. The molecule has 0 radical (unpaired) electrons. The SMILES string of the molecule is C#C[C@H](Cc1cccc(Br)c1)NCC(F)(F)F. The summed E-state index contributed by atoms with van der Waals surface area (Å²) in [5.41, 5.74) is 0.886. The number of hydrogen-bond acceptors (Lipinski definition) is 1. The van der Waals surface area contributed by atoms with Crippen LogP contribution in [-0.4, -0.2) is 18.8 Å². The molecule has 0 aliphatic carbocycles. The van der Waals surface area contributed by atoms with Crippen LogP contribution in [0.2, 0.25) is 0 Å². The third kappa shape index (κ3) is 5.76. The molecule has 1 rings (SSSR count). The zero-order valence-electron chi connectivity index (χ0n) is 8.89. The molecule has 1 aromatic carbocycles. The summed E-state index contributed by atoms with van der Waals surface area (Å²) in [6, 6.07) is 6.70. The van der Waals surface area contributed by atoms with Crippen molar-refractivity contribution in [2.24, 2.45) is 0 Å². The standard InChI is InChI=1S/C12H11BrF3N/c1-2-11(17-8-12(14,15)16)7-9-4-3-5-10(13)6-9/h1,3-6,11,17H,7-8H2/t11-/m1/s1. The molecule has 0 bridgehead atoms. The maximum absolute atomic E-state index is 12.0. The Balaban J connectivity index is 2.56. The summed E-state index contributed by atoms with van der Waals surface area (Å²) >= 11 is 3.29. The van der Waals surface area contributed by atoms with Crippen molar-refractivity contribution in [3.05, 3.63) is 34.3 Å². The molecule has 0 aliphatic rings. The fraction of sp³-hybridized carbons (Fsp3) is 0.333. The van der Waals surface area contributed by atoms with Crippen molar-refractivity contribution in [1.29, 1.82) is 0 Å². The average molecular weight is 306 g/mol. The van der Waals surface area contributed by atoms with E-state index in [9.17, 15) is 13.2 Å². The van der Waals surface area contributed by atoms with E-state index in [-0.39, 0.29) is 0 Å². The lowest BCUT2D eigenvalue weighted by Gasteiger charge is -2.14. The maximum Gasteiger partial charge on any atom is 0.401 e. The van der Waals surface area contributed by atoms with Crippen LogP contribution in [0.4, 0.5) is 13.2 Å². The van der Waals surface area contributed by atoms with Crippen molar-refractivity contribution in [2.75, 3.05) is 6.54 Å². The second kappa shape index (κ2) is 6.08. The van der Waals surface area contributed by atoms with Crippen LogP contribution in [0.3, 0.4) is 0 Å². The van der Waals surface area contributed by atoms with Gasteiger partial charge in [-0.2, -0.15) is 13.2 Å². The van der Waals surface area contributed by atoms with Crippen molar-refractivity contribution in [1.82, 2.24) is 5.32 Å². The van der Waals surface area contributed by atoms with Gasteiger partial charge in [-0.3, -0.25) is 5.32 Å². The third-order valence-electron chi connectivity index (χ3n) is 2.08. The molecule has 0 heterocycles. The van der Waals surface area contributed by atoms with E-state index >= 15 is 0 Å². The molecule has 0 spiro atoms. The predicted molar refractivity (Wildman–Crippen MR) is 64.5 cm³/mol. The number of nitrogens with one attached hydrogen (secondary N) is 1.